The summed E-state index contributed by atoms with van der Waals surface area (Å²) in [5.41, 5.74) is 0. The minimum absolute atomic E-state index is 0.00144. The topological polar surface area (TPSA) is 74.7 Å². The van der Waals surface area contributed by atoms with Crippen LogP contribution in [0.25, 0.3) is 0 Å². The van der Waals surface area contributed by atoms with E-state index in [0.29, 0.717) is 13.0 Å². The fraction of sp³-hybridized carbons (Fsp3) is 0.875. The van der Waals surface area contributed by atoms with Gasteiger partial charge in [0.25, 0.3) is 0 Å². The third-order valence-electron chi connectivity index (χ3n) is 2.51. The monoisotopic (exact) mass is 221 g/mol. The Kier molecular flexibility index (Phi) is 3.36. The number of nitrogens with zero attached hydrogens (tertiary/aromatic N) is 1. The third-order valence-corrected chi connectivity index (χ3v) is 4.63. The van der Waals surface area contributed by atoms with Crippen molar-refractivity contribution in [1.82, 2.24) is 4.90 Å². The summed E-state index contributed by atoms with van der Waals surface area (Å²) in [4.78, 5) is 11.8. The summed E-state index contributed by atoms with van der Waals surface area (Å²) < 4.78 is 23.1. The second kappa shape index (κ2) is 4.16. The molecule has 0 aromatic rings. The second-order valence-electron chi connectivity index (χ2n) is 3.38. The summed E-state index contributed by atoms with van der Waals surface area (Å²) >= 11 is 0. The van der Waals surface area contributed by atoms with E-state index in [0.717, 1.165) is 17.7 Å². The first kappa shape index (κ1) is 11.3. The van der Waals surface area contributed by atoms with Gasteiger partial charge in [-0.25, -0.2) is 13.2 Å². The summed E-state index contributed by atoms with van der Waals surface area (Å²) in [6.45, 7) is 1.88. The lowest BCUT2D eigenvalue weighted by molar-refractivity contribution is 0.126. The van der Waals surface area contributed by atoms with Gasteiger partial charge in [-0.05, 0) is 19.3 Å². The SMILES string of the molecule is CCS(=O)(=O)C1CCCCN1C(=O)O. The molecule has 0 bridgehead atoms. The van der Waals surface area contributed by atoms with E-state index in [4.69, 9.17) is 5.11 Å². The largest absolute Gasteiger partial charge is 0.465 e. The number of carboxylic acid groups (broad SMARTS) is 1. The Morgan fingerprint density at radius 2 is 2.14 bits per heavy atom. The van der Waals surface area contributed by atoms with Gasteiger partial charge in [-0.3, -0.25) is 4.90 Å². The van der Waals surface area contributed by atoms with E-state index in [-0.39, 0.29) is 5.75 Å². The van der Waals surface area contributed by atoms with Crippen molar-refractivity contribution >= 4 is 15.9 Å². The number of sulfone groups is 1. The summed E-state index contributed by atoms with van der Waals surface area (Å²) in [5.74, 6) is 0.00144. The molecule has 1 unspecified atom stereocenters. The van der Waals surface area contributed by atoms with E-state index in [9.17, 15) is 13.2 Å². The van der Waals surface area contributed by atoms with Crippen LogP contribution in [-0.4, -0.2) is 42.2 Å². The highest BCUT2D eigenvalue weighted by molar-refractivity contribution is 7.91. The van der Waals surface area contributed by atoms with Crippen molar-refractivity contribution in [2.24, 2.45) is 0 Å². The minimum atomic E-state index is -3.27. The molecule has 14 heavy (non-hydrogen) atoms. The maximum atomic E-state index is 11.6. The molecule has 5 nitrogen and oxygen atoms in total. The molecule has 1 fully saturated rings. The van der Waals surface area contributed by atoms with Crippen LogP contribution in [0.15, 0.2) is 0 Å². The van der Waals surface area contributed by atoms with Crippen LogP contribution >= 0.6 is 0 Å². The smallest absolute Gasteiger partial charge is 0.408 e. The fourth-order valence-electron chi connectivity index (χ4n) is 1.69. The van der Waals surface area contributed by atoms with Crippen LogP contribution in [-0.2, 0) is 9.84 Å². The molecule has 1 atom stereocenters. The Hall–Kier alpha value is -0.780. The van der Waals surface area contributed by atoms with Crippen molar-refractivity contribution in [2.45, 2.75) is 31.6 Å². The average Bonchev–Trinajstić information content (AvgIpc) is 2.18. The summed E-state index contributed by atoms with van der Waals surface area (Å²) in [7, 11) is -3.27. The van der Waals surface area contributed by atoms with Crippen LogP contribution < -0.4 is 0 Å². The highest BCUT2D eigenvalue weighted by Gasteiger charge is 2.35. The maximum absolute atomic E-state index is 11.6. The quantitative estimate of drug-likeness (QED) is 0.752. The first-order valence-corrected chi connectivity index (χ1v) is 6.41. The van der Waals surface area contributed by atoms with E-state index in [1.54, 1.807) is 6.92 Å². The molecule has 0 aromatic carbocycles. The molecule has 6 heteroatoms. The number of rotatable bonds is 2. The van der Waals surface area contributed by atoms with Crippen LogP contribution in [0.1, 0.15) is 26.2 Å². The van der Waals surface area contributed by atoms with E-state index >= 15 is 0 Å². The Labute approximate surface area is 83.6 Å². The predicted octanol–water partition coefficient (Wildman–Crippen LogP) is 0.911. The molecule has 0 spiro atoms. The van der Waals surface area contributed by atoms with E-state index in [1.807, 2.05) is 0 Å². The van der Waals surface area contributed by atoms with Gasteiger partial charge in [0.2, 0.25) is 0 Å². The van der Waals surface area contributed by atoms with Crippen molar-refractivity contribution < 1.29 is 18.3 Å². The third kappa shape index (κ3) is 2.17. The molecule has 1 aliphatic heterocycles. The lowest BCUT2D eigenvalue weighted by Gasteiger charge is -2.32. The van der Waals surface area contributed by atoms with Gasteiger partial charge in [-0.2, -0.15) is 0 Å². The fourth-order valence-corrected chi connectivity index (χ4v) is 3.18. The van der Waals surface area contributed by atoms with Gasteiger partial charge in [-0.15, -0.1) is 0 Å². The second-order valence-corrected chi connectivity index (χ2v) is 5.83. The standard InChI is InChI=1S/C8H15NO4S/c1-2-14(12,13)7-5-3-4-6-9(7)8(10)11/h7H,2-6H2,1H3,(H,10,11). The van der Waals surface area contributed by atoms with Crippen molar-refractivity contribution in [2.75, 3.05) is 12.3 Å². The number of amides is 1. The van der Waals surface area contributed by atoms with Gasteiger partial charge in [0.15, 0.2) is 9.84 Å². The predicted molar refractivity (Wildman–Crippen MR) is 51.8 cm³/mol. The molecular weight excluding hydrogens is 206 g/mol. The molecule has 82 valence electrons. The van der Waals surface area contributed by atoms with Gasteiger partial charge in [0, 0.05) is 12.3 Å². The van der Waals surface area contributed by atoms with Gasteiger partial charge in [-0.1, -0.05) is 6.92 Å². The maximum Gasteiger partial charge on any atom is 0.408 e. The molecule has 1 rings (SSSR count). The highest BCUT2D eigenvalue weighted by Crippen LogP contribution is 2.21. The minimum Gasteiger partial charge on any atom is -0.465 e. The molecule has 1 amide bonds. The zero-order chi connectivity index (χ0) is 10.8. The van der Waals surface area contributed by atoms with Gasteiger partial charge < -0.3 is 5.11 Å². The van der Waals surface area contributed by atoms with Crippen LogP contribution in [0.2, 0.25) is 0 Å². The molecular formula is C8H15NO4S. The van der Waals surface area contributed by atoms with Crippen molar-refractivity contribution in [3.63, 3.8) is 0 Å². The van der Waals surface area contributed by atoms with Crippen LogP contribution in [0.4, 0.5) is 4.79 Å². The number of likely N-dealkylation sites (tertiary alicyclic amines) is 1. The number of piperidine rings is 1. The highest BCUT2D eigenvalue weighted by atomic mass is 32.2. The Morgan fingerprint density at radius 1 is 1.50 bits per heavy atom. The van der Waals surface area contributed by atoms with E-state index in [1.165, 1.54) is 0 Å². The summed E-state index contributed by atoms with van der Waals surface area (Å²) in [6.07, 6.45) is 0.838. The summed E-state index contributed by atoms with van der Waals surface area (Å²) in [6, 6.07) is 0. The number of carbonyl (C=O) groups is 1. The van der Waals surface area contributed by atoms with E-state index < -0.39 is 21.3 Å². The molecule has 1 heterocycles. The molecule has 0 aromatic heterocycles. The van der Waals surface area contributed by atoms with Gasteiger partial charge >= 0.3 is 6.09 Å². The van der Waals surface area contributed by atoms with Crippen LogP contribution in [0.5, 0.6) is 0 Å². The first-order valence-electron chi connectivity index (χ1n) is 4.70. The van der Waals surface area contributed by atoms with Crippen molar-refractivity contribution in [1.29, 1.82) is 0 Å². The molecule has 0 aliphatic carbocycles. The van der Waals surface area contributed by atoms with E-state index in [2.05, 4.69) is 0 Å². The molecule has 1 aliphatic rings. The molecule has 0 saturated carbocycles. The Morgan fingerprint density at radius 3 is 2.64 bits per heavy atom. The first-order chi connectivity index (χ1) is 6.49. The Balaban J connectivity index is 2.88. The molecule has 1 N–H and O–H groups in total. The number of hydrogen-bond acceptors (Lipinski definition) is 3. The zero-order valence-electron chi connectivity index (χ0n) is 8.14. The van der Waals surface area contributed by atoms with Crippen LogP contribution in [0, 0.1) is 0 Å². The van der Waals surface area contributed by atoms with Gasteiger partial charge in [0.1, 0.15) is 5.37 Å². The lowest BCUT2D eigenvalue weighted by Crippen LogP contribution is -2.47. The lowest BCUT2D eigenvalue weighted by atomic mass is 10.1. The Bertz CT molecular complexity index is 311. The average molecular weight is 221 g/mol. The normalized spacial score (nSPS) is 23.5. The van der Waals surface area contributed by atoms with Crippen molar-refractivity contribution in [3.05, 3.63) is 0 Å². The molecule has 1 saturated heterocycles. The molecule has 0 radical (unpaired) electrons. The summed E-state index contributed by atoms with van der Waals surface area (Å²) in [5, 5.41) is 8.01. The van der Waals surface area contributed by atoms with Crippen molar-refractivity contribution in [3.8, 4) is 0 Å². The zero-order valence-corrected chi connectivity index (χ0v) is 8.96. The van der Waals surface area contributed by atoms with Crippen LogP contribution in [0.3, 0.4) is 0 Å². The van der Waals surface area contributed by atoms with Gasteiger partial charge in [0.05, 0.1) is 0 Å². The number of hydrogen-bond donors (Lipinski definition) is 1.